The van der Waals surface area contributed by atoms with E-state index in [1.807, 2.05) is 24.3 Å². The van der Waals surface area contributed by atoms with E-state index in [1.165, 1.54) is 5.56 Å². The molecule has 1 fully saturated rings. The number of benzene rings is 3. The van der Waals surface area contributed by atoms with Crippen LogP contribution in [0.15, 0.2) is 66.7 Å². The lowest BCUT2D eigenvalue weighted by atomic mass is 9.87. The molecule has 224 valence electrons. The van der Waals surface area contributed by atoms with Crippen molar-refractivity contribution >= 4 is 11.6 Å². The van der Waals surface area contributed by atoms with E-state index in [-0.39, 0.29) is 12.0 Å². The van der Waals surface area contributed by atoms with Crippen LogP contribution in [0.1, 0.15) is 41.0 Å². The van der Waals surface area contributed by atoms with Gasteiger partial charge in [-0.25, -0.2) is 0 Å². The van der Waals surface area contributed by atoms with E-state index in [4.69, 9.17) is 18.9 Å². The van der Waals surface area contributed by atoms with Crippen LogP contribution in [-0.4, -0.2) is 65.6 Å². The van der Waals surface area contributed by atoms with Gasteiger partial charge in [-0.15, -0.1) is 0 Å². The lowest BCUT2D eigenvalue weighted by Crippen LogP contribution is -2.41. The van der Waals surface area contributed by atoms with Crippen molar-refractivity contribution in [2.45, 2.75) is 44.5 Å². The third-order valence-corrected chi connectivity index (χ3v) is 8.01. The zero-order valence-electron chi connectivity index (χ0n) is 24.8. The monoisotopic (exact) mass is 573 g/mol. The van der Waals surface area contributed by atoms with Crippen LogP contribution in [-0.2, 0) is 33.9 Å². The summed E-state index contributed by atoms with van der Waals surface area (Å²) in [6.45, 7) is 6.16. The highest BCUT2D eigenvalue weighted by atomic mass is 16.5. The predicted molar refractivity (Wildman–Crippen MR) is 164 cm³/mol. The van der Waals surface area contributed by atoms with E-state index >= 15 is 0 Å². The van der Waals surface area contributed by atoms with E-state index < -0.39 is 0 Å². The molecule has 2 atom stereocenters. The van der Waals surface area contributed by atoms with Crippen molar-refractivity contribution in [1.29, 1.82) is 0 Å². The van der Waals surface area contributed by atoms with Crippen LogP contribution in [0.4, 0.5) is 5.69 Å². The van der Waals surface area contributed by atoms with Crippen molar-refractivity contribution in [3.8, 4) is 11.5 Å². The van der Waals surface area contributed by atoms with Crippen LogP contribution in [0.2, 0.25) is 0 Å². The molecule has 2 heterocycles. The standard InChI is InChI=1S/C34H43N3O5/c1-35-34(38)21-26-5-3-6-29(19-26)41-23-25-7-10-28(11-8-25)30-13-14-36-22-33(30)42-24-27-9-12-32-31(20-27)37(16-18-40-32)15-4-17-39-2/h3,5-12,19-20,30,33,36H,4,13-18,21-24H2,1-2H3,(H,35,38)/t30-,33+/m1/s1. The average molecular weight is 574 g/mol. The summed E-state index contributed by atoms with van der Waals surface area (Å²) < 4.78 is 23.7. The summed E-state index contributed by atoms with van der Waals surface area (Å²) in [5.74, 6) is 2.02. The second-order valence-electron chi connectivity index (χ2n) is 11.0. The number of rotatable bonds is 13. The number of fused-ring (bicyclic) bond motifs is 1. The van der Waals surface area contributed by atoms with E-state index in [1.54, 1.807) is 14.2 Å². The number of ether oxygens (including phenoxy) is 4. The van der Waals surface area contributed by atoms with Crippen molar-refractivity contribution in [3.63, 3.8) is 0 Å². The zero-order valence-corrected chi connectivity index (χ0v) is 24.8. The third kappa shape index (κ3) is 8.03. The maximum Gasteiger partial charge on any atom is 0.224 e. The Morgan fingerprint density at radius 1 is 1.05 bits per heavy atom. The van der Waals surface area contributed by atoms with Gasteiger partial charge < -0.3 is 34.5 Å². The Balaban J connectivity index is 1.17. The second kappa shape index (κ2) is 15.0. The minimum Gasteiger partial charge on any atom is -0.490 e. The second-order valence-corrected chi connectivity index (χ2v) is 11.0. The number of likely N-dealkylation sites (N-methyl/N-ethyl adjacent to an activating group) is 1. The molecule has 5 rings (SSSR count). The summed E-state index contributed by atoms with van der Waals surface area (Å²) in [4.78, 5) is 14.1. The third-order valence-electron chi connectivity index (χ3n) is 8.01. The van der Waals surface area contributed by atoms with Gasteiger partial charge >= 0.3 is 0 Å². The summed E-state index contributed by atoms with van der Waals surface area (Å²) in [6.07, 6.45) is 2.46. The highest BCUT2D eigenvalue weighted by Crippen LogP contribution is 2.34. The summed E-state index contributed by atoms with van der Waals surface area (Å²) in [5, 5.41) is 6.18. The van der Waals surface area contributed by atoms with E-state index in [9.17, 15) is 4.79 Å². The first-order chi connectivity index (χ1) is 20.6. The highest BCUT2D eigenvalue weighted by Gasteiger charge is 2.27. The molecular formula is C34H43N3O5. The van der Waals surface area contributed by atoms with Crippen molar-refractivity contribution in [1.82, 2.24) is 10.6 Å². The van der Waals surface area contributed by atoms with Crippen LogP contribution in [0.5, 0.6) is 11.5 Å². The number of piperidine rings is 1. The molecule has 3 aromatic carbocycles. The molecule has 2 N–H and O–H groups in total. The molecule has 0 radical (unpaired) electrons. The summed E-state index contributed by atoms with van der Waals surface area (Å²) in [6, 6.07) is 22.8. The van der Waals surface area contributed by atoms with Gasteiger partial charge in [-0.05, 0) is 65.9 Å². The van der Waals surface area contributed by atoms with E-state index in [2.05, 4.69) is 58.0 Å². The molecule has 0 bridgehead atoms. The Labute approximate surface area is 249 Å². The molecule has 2 aliphatic rings. The number of nitrogens with zero attached hydrogens (tertiary/aromatic N) is 1. The number of methoxy groups -OCH3 is 1. The Bertz CT molecular complexity index is 1300. The molecule has 3 aromatic rings. The molecule has 0 aromatic heterocycles. The first-order valence-electron chi connectivity index (χ1n) is 15.0. The minimum absolute atomic E-state index is 0.0133. The lowest BCUT2D eigenvalue weighted by molar-refractivity contribution is -0.119. The van der Waals surface area contributed by atoms with Crippen molar-refractivity contribution in [2.24, 2.45) is 0 Å². The molecule has 8 heteroatoms. The summed E-state index contributed by atoms with van der Waals surface area (Å²) >= 11 is 0. The normalized spacial score (nSPS) is 18.2. The smallest absolute Gasteiger partial charge is 0.224 e. The SMILES string of the molecule is CNC(=O)Cc1cccc(OCc2ccc([C@H]3CCNC[C@@H]3OCc3ccc4c(c3)N(CCCOC)CCO4)cc2)c1. The molecule has 0 spiro atoms. The first-order valence-corrected chi connectivity index (χ1v) is 15.0. The Morgan fingerprint density at radius 2 is 1.90 bits per heavy atom. The molecule has 1 saturated heterocycles. The summed E-state index contributed by atoms with van der Waals surface area (Å²) in [7, 11) is 3.40. The quantitative estimate of drug-likeness (QED) is 0.293. The average Bonchev–Trinajstić information content (AvgIpc) is 3.03. The van der Waals surface area contributed by atoms with Gasteiger partial charge in [-0.2, -0.15) is 0 Å². The lowest BCUT2D eigenvalue weighted by Gasteiger charge is -2.33. The van der Waals surface area contributed by atoms with Crippen LogP contribution in [0.25, 0.3) is 0 Å². The molecule has 42 heavy (non-hydrogen) atoms. The number of anilines is 1. The topological polar surface area (TPSA) is 81.3 Å². The maximum absolute atomic E-state index is 11.7. The maximum atomic E-state index is 11.7. The number of carbonyl (C=O) groups is 1. The van der Waals surface area contributed by atoms with Crippen LogP contribution < -0.4 is 25.0 Å². The molecule has 0 aliphatic carbocycles. The minimum atomic E-state index is -0.0133. The van der Waals surface area contributed by atoms with Gasteiger partial charge in [0, 0.05) is 39.8 Å². The number of hydrogen-bond acceptors (Lipinski definition) is 7. The van der Waals surface area contributed by atoms with Gasteiger partial charge in [0.1, 0.15) is 24.7 Å². The Kier molecular flexibility index (Phi) is 10.7. The molecule has 0 saturated carbocycles. The van der Waals surface area contributed by atoms with Gasteiger partial charge in [0.2, 0.25) is 5.91 Å². The molecular weight excluding hydrogens is 530 g/mol. The van der Waals surface area contributed by atoms with Gasteiger partial charge in [0.15, 0.2) is 0 Å². The molecule has 2 aliphatic heterocycles. The van der Waals surface area contributed by atoms with Crippen LogP contribution in [0.3, 0.4) is 0 Å². The van der Waals surface area contributed by atoms with Crippen molar-refractivity contribution in [2.75, 3.05) is 58.5 Å². The van der Waals surface area contributed by atoms with E-state index in [0.29, 0.717) is 32.2 Å². The largest absolute Gasteiger partial charge is 0.490 e. The zero-order chi connectivity index (χ0) is 29.1. The van der Waals surface area contributed by atoms with Gasteiger partial charge in [-0.3, -0.25) is 4.79 Å². The fourth-order valence-electron chi connectivity index (χ4n) is 5.68. The predicted octanol–water partition coefficient (Wildman–Crippen LogP) is 4.45. The molecule has 1 amide bonds. The van der Waals surface area contributed by atoms with Crippen molar-refractivity contribution in [3.05, 3.63) is 89.0 Å². The Morgan fingerprint density at radius 3 is 2.74 bits per heavy atom. The number of amides is 1. The van der Waals surface area contributed by atoms with Crippen LogP contribution in [0, 0.1) is 0 Å². The fraction of sp³-hybridized carbons (Fsp3) is 0.441. The number of carbonyl (C=O) groups excluding carboxylic acids is 1. The number of nitrogens with one attached hydrogen (secondary N) is 2. The Hall–Kier alpha value is -3.59. The molecule has 8 nitrogen and oxygen atoms in total. The number of hydrogen-bond donors (Lipinski definition) is 2. The fourth-order valence-corrected chi connectivity index (χ4v) is 5.68. The van der Waals surface area contributed by atoms with Crippen LogP contribution >= 0.6 is 0 Å². The first kappa shape index (κ1) is 29.9. The van der Waals surface area contributed by atoms with Crippen molar-refractivity contribution < 1.29 is 23.7 Å². The van der Waals surface area contributed by atoms with Gasteiger partial charge in [-0.1, -0.05) is 42.5 Å². The molecule has 0 unspecified atom stereocenters. The highest BCUT2D eigenvalue weighted by molar-refractivity contribution is 5.78. The van der Waals surface area contributed by atoms with Gasteiger partial charge in [0.05, 0.1) is 31.4 Å². The van der Waals surface area contributed by atoms with Gasteiger partial charge in [0.25, 0.3) is 0 Å². The van der Waals surface area contributed by atoms with E-state index in [0.717, 1.165) is 79.5 Å². The summed E-state index contributed by atoms with van der Waals surface area (Å²) in [5.41, 5.74) is 5.64.